The molecule has 0 unspecified atom stereocenters. The monoisotopic (exact) mass is 231 g/mol. The smallest absolute Gasteiger partial charge is 0.123 e. The predicted octanol–water partition coefficient (Wildman–Crippen LogP) is 2.90. The van der Waals surface area contributed by atoms with E-state index in [-0.39, 0.29) is 0 Å². The topological polar surface area (TPSA) is 21.3 Å². The van der Waals surface area contributed by atoms with Crippen molar-refractivity contribution in [3.8, 4) is 17.6 Å². The van der Waals surface area contributed by atoms with Crippen LogP contribution in [0, 0.1) is 18.8 Å². The lowest BCUT2D eigenvalue weighted by Crippen LogP contribution is -2.13. The van der Waals surface area contributed by atoms with Gasteiger partial charge in [0, 0.05) is 18.5 Å². The van der Waals surface area contributed by atoms with E-state index in [2.05, 4.69) is 43.1 Å². The van der Waals surface area contributed by atoms with Crippen molar-refractivity contribution < 1.29 is 4.74 Å². The number of benzene rings is 1. The maximum atomic E-state index is 5.75. The fourth-order valence-corrected chi connectivity index (χ4v) is 1.58. The van der Waals surface area contributed by atoms with Crippen LogP contribution in [0.1, 0.15) is 31.4 Å². The Labute approximate surface area is 104 Å². The van der Waals surface area contributed by atoms with E-state index in [9.17, 15) is 0 Å². The first-order valence-corrected chi connectivity index (χ1v) is 6.10. The minimum absolute atomic E-state index is 0.656. The number of nitrogens with one attached hydrogen (secondary N) is 1. The second-order valence-electron chi connectivity index (χ2n) is 3.92. The number of aryl methyl sites for hydroxylation is 1. The minimum Gasteiger partial charge on any atom is -0.492 e. The van der Waals surface area contributed by atoms with E-state index in [1.807, 2.05) is 13.0 Å². The molecule has 92 valence electrons. The maximum absolute atomic E-state index is 5.75. The van der Waals surface area contributed by atoms with Gasteiger partial charge in [0.05, 0.1) is 6.61 Å². The highest BCUT2D eigenvalue weighted by atomic mass is 16.5. The summed E-state index contributed by atoms with van der Waals surface area (Å²) in [6, 6.07) is 6.29. The molecule has 0 aliphatic heterocycles. The van der Waals surface area contributed by atoms with E-state index in [1.165, 1.54) is 11.1 Å². The minimum atomic E-state index is 0.656. The maximum Gasteiger partial charge on any atom is 0.123 e. The van der Waals surface area contributed by atoms with Crippen LogP contribution >= 0.6 is 0 Å². The summed E-state index contributed by atoms with van der Waals surface area (Å²) in [6.07, 6.45) is 0.783. The van der Waals surface area contributed by atoms with Gasteiger partial charge in [0.2, 0.25) is 0 Å². The van der Waals surface area contributed by atoms with Crippen molar-refractivity contribution in [3.05, 3.63) is 29.3 Å². The lowest BCUT2D eigenvalue weighted by molar-refractivity contribution is 0.323. The van der Waals surface area contributed by atoms with Crippen molar-refractivity contribution in [2.45, 2.75) is 33.7 Å². The van der Waals surface area contributed by atoms with Crippen LogP contribution in [0.5, 0.6) is 5.75 Å². The molecule has 2 heteroatoms. The largest absolute Gasteiger partial charge is 0.492 e. The Bertz CT molecular complexity index is 401. The van der Waals surface area contributed by atoms with Crippen LogP contribution in [-0.2, 0) is 6.54 Å². The number of hydrogen-bond acceptors (Lipinski definition) is 2. The van der Waals surface area contributed by atoms with E-state index in [1.54, 1.807) is 0 Å². The lowest BCUT2D eigenvalue weighted by atomic mass is 10.1. The molecular weight excluding hydrogens is 210 g/mol. The molecule has 1 N–H and O–H groups in total. The summed E-state index contributed by atoms with van der Waals surface area (Å²) in [5, 5.41) is 3.33. The molecule has 0 fully saturated rings. The van der Waals surface area contributed by atoms with Gasteiger partial charge in [-0.25, -0.2) is 0 Å². The van der Waals surface area contributed by atoms with Gasteiger partial charge in [-0.05, 0) is 26.5 Å². The fraction of sp³-hybridized carbons (Fsp3) is 0.467. The first-order chi connectivity index (χ1) is 8.27. The first kappa shape index (κ1) is 13.6. The van der Waals surface area contributed by atoms with Gasteiger partial charge in [0.1, 0.15) is 5.75 Å². The number of hydrogen-bond donors (Lipinski definition) is 1. The molecule has 0 heterocycles. The van der Waals surface area contributed by atoms with Gasteiger partial charge in [-0.3, -0.25) is 0 Å². The van der Waals surface area contributed by atoms with Crippen LogP contribution in [0.2, 0.25) is 0 Å². The third kappa shape index (κ3) is 4.93. The summed E-state index contributed by atoms with van der Waals surface area (Å²) >= 11 is 0. The van der Waals surface area contributed by atoms with E-state index in [4.69, 9.17) is 4.74 Å². The van der Waals surface area contributed by atoms with Crippen LogP contribution in [0.25, 0.3) is 0 Å². The van der Waals surface area contributed by atoms with Crippen LogP contribution in [0.15, 0.2) is 18.2 Å². The zero-order valence-corrected chi connectivity index (χ0v) is 11.0. The molecule has 0 bridgehead atoms. The first-order valence-electron chi connectivity index (χ1n) is 6.10. The van der Waals surface area contributed by atoms with Gasteiger partial charge in [-0.15, -0.1) is 11.8 Å². The molecule has 0 amide bonds. The molecule has 0 saturated carbocycles. The van der Waals surface area contributed by atoms with Crippen LogP contribution in [0.3, 0.4) is 0 Å². The summed E-state index contributed by atoms with van der Waals surface area (Å²) in [7, 11) is 0. The molecule has 0 aliphatic rings. The normalized spacial score (nSPS) is 9.59. The summed E-state index contributed by atoms with van der Waals surface area (Å²) in [5.74, 6) is 6.84. The SMILES string of the molecule is CC#CCCOc1ccc(C)cc1CNCC. The second-order valence-corrected chi connectivity index (χ2v) is 3.92. The third-order valence-electron chi connectivity index (χ3n) is 2.44. The standard InChI is InChI=1S/C15H21NO/c1-4-6-7-10-17-15-9-8-13(3)11-14(15)12-16-5-2/h8-9,11,16H,5,7,10,12H2,1-3H3. The van der Waals surface area contributed by atoms with Crippen molar-refractivity contribution in [1.29, 1.82) is 0 Å². The van der Waals surface area contributed by atoms with Gasteiger partial charge in [-0.2, -0.15) is 0 Å². The summed E-state index contributed by atoms with van der Waals surface area (Å²) < 4.78 is 5.75. The number of rotatable bonds is 6. The molecular formula is C15H21NO. The molecule has 0 aromatic heterocycles. The lowest BCUT2D eigenvalue weighted by Gasteiger charge is -2.11. The number of ether oxygens (including phenoxy) is 1. The van der Waals surface area contributed by atoms with Crippen LogP contribution in [0.4, 0.5) is 0 Å². The van der Waals surface area contributed by atoms with Gasteiger partial charge in [0.15, 0.2) is 0 Å². The van der Waals surface area contributed by atoms with Crippen molar-refractivity contribution in [1.82, 2.24) is 5.32 Å². The van der Waals surface area contributed by atoms with Crippen molar-refractivity contribution in [3.63, 3.8) is 0 Å². The Morgan fingerprint density at radius 1 is 1.35 bits per heavy atom. The van der Waals surface area contributed by atoms with Crippen molar-refractivity contribution in [2.24, 2.45) is 0 Å². The Morgan fingerprint density at radius 2 is 2.18 bits per heavy atom. The molecule has 1 rings (SSSR count). The Kier molecular flexibility index (Phi) is 6.21. The molecule has 0 aliphatic carbocycles. The van der Waals surface area contributed by atoms with Crippen molar-refractivity contribution >= 4 is 0 Å². The van der Waals surface area contributed by atoms with E-state index >= 15 is 0 Å². The Morgan fingerprint density at radius 3 is 2.88 bits per heavy atom. The van der Waals surface area contributed by atoms with Crippen LogP contribution in [-0.4, -0.2) is 13.2 Å². The van der Waals surface area contributed by atoms with Crippen LogP contribution < -0.4 is 10.1 Å². The second kappa shape index (κ2) is 7.76. The van der Waals surface area contributed by atoms with Gasteiger partial charge in [0.25, 0.3) is 0 Å². The zero-order valence-electron chi connectivity index (χ0n) is 11.0. The molecule has 0 radical (unpaired) electrons. The summed E-state index contributed by atoms with van der Waals surface area (Å²) in [5.41, 5.74) is 2.48. The molecule has 0 spiro atoms. The molecule has 2 nitrogen and oxygen atoms in total. The van der Waals surface area contributed by atoms with E-state index < -0.39 is 0 Å². The molecule has 17 heavy (non-hydrogen) atoms. The van der Waals surface area contributed by atoms with Gasteiger partial charge < -0.3 is 10.1 Å². The van der Waals surface area contributed by atoms with E-state index in [0.717, 1.165) is 25.3 Å². The molecule has 0 saturated heterocycles. The quantitative estimate of drug-likeness (QED) is 0.600. The van der Waals surface area contributed by atoms with Gasteiger partial charge >= 0.3 is 0 Å². The van der Waals surface area contributed by atoms with E-state index in [0.29, 0.717) is 6.61 Å². The Balaban J connectivity index is 2.63. The fourth-order valence-electron chi connectivity index (χ4n) is 1.58. The highest BCUT2D eigenvalue weighted by Crippen LogP contribution is 2.20. The average Bonchev–Trinajstić information content (AvgIpc) is 2.34. The predicted molar refractivity (Wildman–Crippen MR) is 72.1 cm³/mol. The molecule has 0 atom stereocenters. The molecule has 1 aromatic rings. The highest BCUT2D eigenvalue weighted by molar-refractivity contribution is 5.36. The third-order valence-corrected chi connectivity index (χ3v) is 2.44. The average molecular weight is 231 g/mol. The molecule has 1 aromatic carbocycles. The Hall–Kier alpha value is -1.46. The zero-order chi connectivity index (χ0) is 12.5. The van der Waals surface area contributed by atoms with Gasteiger partial charge in [-0.1, -0.05) is 24.6 Å². The highest BCUT2D eigenvalue weighted by Gasteiger charge is 2.03. The van der Waals surface area contributed by atoms with Crippen molar-refractivity contribution in [2.75, 3.05) is 13.2 Å². The summed E-state index contributed by atoms with van der Waals surface area (Å²) in [6.45, 7) is 8.53. The summed E-state index contributed by atoms with van der Waals surface area (Å²) in [4.78, 5) is 0.